The smallest absolute Gasteiger partial charge is 0.289 e. The van der Waals surface area contributed by atoms with E-state index in [0.717, 1.165) is 47.6 Å². The first-order valence-electron chi connectivity index (χ1n) is 8.60. The van der Waals surface area contributed by atoms with Crippen LogP contribution in [0.15, 0.2) is 57.6 Å². The Balaban J connectivity index is 1.44. The fourth-order valence-corrected chi connectivity index (χ4v) is 3.42. The Bertz CT molecular complexity index is 873. The SMILES string of the molecule is O=C(c1ccco1)N1CCCN(c2cc(-c3ccc(Br)cc3)[nH]n2)CC1. The summed E-state index contributed by atoms with van der Waals surface area (Å²) in [5.41, 5.74) is 2.08. The van der Waals surface area contributed by atoms with Crippen molar-refractivity contribution in [1.82, 2.24) is 15.1 Å². The number of carbonyl (C=O) groups excluding carboxylic acids is 1. The van der Waals surface area contributed by atoms with Gasteiger partial charge in [-0.05, 0) is 36.2 Å². The van der Waals surface area contributed by atoms with E-state index in [1.807, 2.05) is 29.2 Å². The second-order valence-corrected chi connectivity index (χ2v) is 7.17. The van der Waals surface area contributed by atoms with Gasteiger partial charge in [0.25, 0.3) is 5.91 Å². The molecule has 0 bridgehead atoms. The van der Waals surface area contributed by atoms with Gasteiger partial charge in [0.2, 0.25) is 0 Å². The fourth-order valence-electron chi connectivity index (χ4n) is 3.16. The lowest BCUT2D eigenvalue weighted by Crippen LogP contribution is -2.35. The van der Waals surface area contributed by atoms with Gasteiger partial charge in [0.15, 0.2) is 11.6 Å². The van der Waals surface area contributed by atoms with Crippen LogP contribution in [0.4, 0.5) is 5.82 Å². The van der Waals surface area contributed by atoms with Gasteiger partial charge in [-0.15, -0.1) is 0 Å². The van der Waals surface area contributed by atoms with Crippen molar-refractivity contribution in [1.29, 1.82) is 0 Å². The first kappa shape index (κ1) is 16.9. The largest absolute Gasteiger partial charge is 0.459 e. The second-order valence-electron chi connectivity index (χ2n) is 6.26. The minimum atomic E-state index is -0.0468. The number of nitrogens with one attached hydrogen (secondary N) is 1. The molecule has 1 saturated heterocycles. The molecule has 1 fully saturated rings. The van der Waals surface area contributed by atoms with Gasteiger partial charge >= 0.3 is 0 Å². The molecule has 0 spiro atoms. The summed E-state index contributed by atoms with van der Waals surface area (Å²) in [6, 6.07) is 13.6. The number of H-pyrrole nitrogens is 1. The molecule has 6 nitrogen and oxygen atoms in total. The zero-order chi connectivity index (χ0) is 17.9. The molecule has 4 rings (SSSR count). The summed E-state index contributed by atoms with van der Waals surface area (Å²) < 4.78 is 6.29. The Hall–Kier alpha value is -2.54. The van der Waals surface area contributed by atoms with Crippen LogP contribution in [0.2, 0.25) is 0 Å². The number of carbonyl (C=O) groups is 1. The molecule has 134 valence electrons. The predicted molar refractivity (Wildman–Crippen MR) is 103 cm³/mol. The lowest BCUT2D eigenvalue weighted by molar-refractivity contribution is 0.0735. The highest BCUT2D eigenvalue weighted by Gasteiger charge is 2.23. The van der Waals surface area contributed by atoms with E-state index in [1.54, 1.807) is 12.1 Å². The average molecular weight is 415 g/mol. The summed E-state index contributed by atoms with van der Waals surface area (Å²) in [4.78, 5) is 16.5. The van der Waals surface area contributed by atoms with Gasteiger partial charge < -0.3 is 14.2 Å². The number of anilines is 1. The first-order valence-corrected chi connectivity index (χ1v) is 9.39. The van der Waals surface area contributed by atoms with E-state index in [-0.39, 0.29) is 5.91 Å². The molecule has 0 saturated carbocycles. The Kier molecular flexibility index (Phi) is 4.79. The van der Waals surface area contributed by atoms with Gasteiger partial charge in [0.1, 0.15) is 0 Å². The standard InChI is InChI=1S/C19H19BrN4O2/c20-15-6-4-14(5-7-15)16-13-18(22-21-16)23-8-2-9-24(11-10-23)19(25)17-3-1-12-26-17/h1,3-7,12-13H,2,8-11H2,(H,21,22). The average Bonchev–Trinajstić information content (AvgIpc) is 3.30. The zero-order valence-corrected chi connectivity index (χ0v) is 15.8. The van der Waals surface area contributed by atoms with E-state index in [0.29, 0.717) is 12.3 Å². The van der Waals surface area contributed by atoms with Crippen molar-refractivity contribution in [2.75, 3.05) is 31.1 Å². The molecule has 0 aliphatic carbocycles. The predicted octanol–water partition coefficient (Wildman–Crippen LogP) is 3.78. The Morgan fingerprint density at radius 2 is 1.96 bits per heavy atom. The number of aromatic nitrogens is 2. The molecule has 1 aliphatic rings. The van der Waals surface area contributed by atoms with Gasteiger partial charge in [0, 0.05) is 36.7 Å². The Labute approximate surface area is 159 Å². The van der Waals surface area contributed by atoms with Crippen LogP contribution in [0.25, 0.3) is 11.3 Å². The second kappa shape index (κ2) is 7.37. The highest BCUT2D eigenvalue weighted by molar-refractivity contribution is 9.10. The molecule has 1 N–H and O–H groups in total. The van der Waals surface area contributed by atoms with Crippen LogP contribution in [-0.2, 0) is 0 Å². The molecule has 3 aromatic rings. The zero-order valence-electron chi connectivity index (χ0n) is 14.2. The van der Waals surface area contributed by atoms with Crippen molar-refractivity contribution in [3.8, 4) is 11.3 Å². The molecule has 1 aromatic carbocycles. The minimum Gasteiger partial charge on any atom is -0.459 e. The topological polar surface area (TPSA) is 65.4 Å². The quantitative estimate of drug-likeness (QED) is 0.707. The van der Waals surface area contributed by atoms with Crippen molar-refractivity contribution in [2.45, 2.75) is 6.42 Å². The number of halogens is 1. The number of amides is 1. The van der Waals surface area contributed by atoms with E-state index in [4.69, 9.17) is 4.42 Å². The molecule has 7 heteroatoms. The van der Waals surface area contributed by atoms with Crippen LogP contribution < -0.4 is 4.90 Å². The van der Waals surface area contributed by atoms with Crippen molar-refractivity contribution in [2.24, 2.45) is 0 Å². The number of aromatic amines is 1. The van der Waals surface area contributed by atoms with Crippen LogP contribution in [0.5, 0.6) is 0 Å². The monoisotopic (exact) mass is 414 g/mol. The molecule has 0 radical (unpaired) electrons. The molecule has 26 heavy (non-hydrogen) atoms. The van der Waals surface area contributed by atoms with Gasteiger partial charge in [-0.25, -0.2) is 0 Å². The molecule has 1 amide bonds. The maximum absolute atomic E-state index is 12.5. The summed E-state index contributed by atoms with van der Waals surface area (Å²) >= 11 is 3.45. The van der Waals surface area contributed by atoms with Gasteiger partial charge in [-0.1, -0.05) is 28.1 Å². The summed E-state index contributed by atoms with van der Waals surface area (Å²) in [6.45, 7) is 2.99. The van der Waals surface area contributed by atoms with Crippen LogP contribution in [0.3, 0.4) is 0 Å². The molecule has 1 aliphatic heterocycles. The number of benzene rings is 1. The highest BCUT2D eigenvalue weighted by atomic mass is 79.9. The number of hydrogen-bond acceptors (Lipinski definition) is 4. The third-order valence-electron chi connectivity index (χ3n) is 4.56. The molecule has 0 unspecified atom stereocenters. The van der Waals surface area contributed by atoms with E-state index in [1.165, 1.54) is 6.26 Å². The van der Waals surface area contributed by atoms with Gasteiger partial charge in [0.05, 0.1) is 12.0 Å². The number of furan rings is 1. The van der Waals surface area contributed by atoms with Crippen molar-refractivity contribution in [3.05, 3.63) is 59.0 Å². The van der Waals surface area contributed by atoms with E-state index in [2.05, 4.69) is 37.1 Å². The molecular weight excluding hydrogens is 396 g/mol. The summed E-state index contributed by atoms with van der Waals surface area (Å²) in [7, 11) is 0. The van der Waals surface area contributed by atoms with Crippen LogP contribution in [0, 0.1) is 0 Å². The first-order chi connectivity index (χ1) is 12.7. The minimum absolute atomic E-state index is 0.0468. The van der Waals surface area contributed by atoms with Gasteiger partial charge in [-0.2, -0.15) is 5.10 Å². The molecule has 2 aromatic heterocycles. The molecule has 3 heterocycles. The summed E-state index contributed by atoms with van der Waals surface area (Å²) in [5.74, 6) is 1.26. The van der Waals surface area contributed by atoms with Gasteiger partial charge in [-0.3, -0.25) is 9.89 Å². The maximum atomic E-state index is 12.5. The molecular formula is C19H19BrN4O2. The third-order valence-corrected chi connectivity index (χ3v) is 5.09. The highest BCUT2D eigenvalue weighted by Crippen LogP contribution is 2.24. The van der Waals surface area contributed by atoms with Crippen molar-refractivity contribution < 1.29 is 9.21 Å². The molecule has 0 atom stereocenters. The van der Waals surface area contributed by atoms with Crippen LogP contribution in [-0.4, -0.2) is 47.2 Å². The van der Waals surface area contributed by atoms with Crippen LogP contribution >= 0.6 is 15.9 Å². The number of nitrogens with zero attached hydrogens (tertiary/aromatic N) is 3. The van der Waals surface area contributed by atoms with Crippen molar-refractivity contribution >= 4 is 27.7 Å². The normalized spacial score (nSPS) is 15.1. The maximum Gasteiger partial charge on any atom is 0.289 e. The number of hydrogen-bond donors (Lipinski definition) is 1. The number of rotatable bonds is 3. The summed E-state index contributed by atoms with van der Waals surface area (Å²) in [5, 5.41) is 7.58. The summed E-state index contributed by atoms with van der Waals surface area (Å²) in [6.07, 6.45) is 2.43. The van der Waals surface area contributed by atoms with Crippen molar-refractivity contribution in [3.63, 3.8) is 0 Å². The van der Waals surface area contributed by atoms with Crippen LogP contribution in [0.1, 0.15) is 17.0 Å². The van der Waals surface area contributed by atoms with E-state index in [9.17, 15) is 4.79 Å². The fraction of sp³-hybridized carbons (Fsp3) is 0.263. The lowest BCUT2D eigenvalue weighted by Gasteiger charge is -2.21. The van der Waals surface area contributed by atoms with E-state index >= 15 is 0 Å². The Morgan fingerprint density at radius 3 is 2.73 bits per heavy atom. The lowest BCUT2D eigenvalue weighted by atomic mass is 10.1. The van der Waals surface area contributed by atoms with E-state index < -0.39 is 0 Å². The third kappa shape index (κ3) is 3.53. The Morgan fingerprint density at radius 1 is 1.12 bits per heavy atom.